The van der Waals surface area contributed by atoms with Crippen LogP contribution in [0.2, 0.25) is 0 Å². The molecule has 16 heteroatoms. The van der Waals surface area contributed by atoms with Gasteiger partial charge in [-0.15, -0.1) is 42.5 Å². The highest BCUT2D eigenvalue weighted by atomic mass is 32.2. The number of furan rings is 1. The van der Waals surface area contributed by atoms with Gasteiger partial charge in [-0.05, 0) is 59.3 Å². The molecule has 2 aromatic carbocycles. The zero-order valence-electron chi connectivity index (χ0n) is 20.3. The van der Waals surface area contributed by atoms with Crippen molar-refractivity contribution in [1.29, 1.82) is 0 Å². The molecule has 5 nitrogen and oxygen atoms in total. The van der Waals surface area contributed by atoms with E-state index < -0.39 is 36.6 Å². The number of benzene rings is 2. The van der Waals surface area contributed by atoms with Gasteiger partial charge in [-0.1, -0.05) is 30.8 Å². The van der Waals surface area contributed by atoms with Gasteiger partial charge in [-0.25, -0.2) is 9.47 Å². The van der Waals surface area contributed by atoms with Gasteiger partial charge in [-0.3, -0.25) is 0 Å². The number of fused-ring (bicyclic) bond motifs is 1. The van der Waals surface area contributed by atoms with E-state index >= 15 is 0 Å². The molecule has 3 aromatic rings. The number of hydrogen-bond donors (Lipinski definition) is 0. The Labute approximate surface area is 224 Å². The van der Waals surface area contributed by atoms with Gasteiger partial charge in [0.1, 0.15) is 17.1 Å². The van der Waals surface area contributed by atoms with Crippen LogP contribution in [-0.2, 0) is 20.8 Å². The van der Waals surface area contributed by atoms with Crippen molar-refractivity contribution in [2.75, 3.05) is 5.75 Å². The predicted molar refractivity (Wildman–Crippen MR) is 121 cm³/mol. The maximum absolute atomic E-state index is 13.8. The van der Waals surface area contributed by atoms with Crippen molar-refractivity contribution >= 4 is 22.7 Å². The Hall–Kier alpha value is -2.69. The van der Waals surface area contributed by atoms with Gasteiger partial charge in [-0.2, -0.15) is 8.78 Å². The SMILES string of the molecule is CCCCCc1ccc(-c2cc3ccc(SCC(F)(F)OC(F)(F)OC(F)(F)OF)cc3o2)c(OC(F)(F)F)c1. The summed E-state index contributed by atoms with van der Waals surface area (Å²) in [6, 6.07) is 9.50. The standard InChI is InChI=1S/C24H20F10O5S/c1-2-3-4-5-14-6-9-17(20(10-14)36-22(27,28)29)19-11-15-7-8-16(12-18(15)35-19)40-13-21(25,26)37-23(30,31)38-24(32,33)39-34/h6-12H,2-5,13H2,1H3. The number of rotatable bonds is 14. The van der Waals surface area contributed by atoms with Gasteiger partial charge in [0.2, 0.25) is 0 Å². The summed E-state index contributed by atoms with van der Waals surface area (Å²) in [4.78, 5) is 1.82. The molecule has 0 N–H and O–H groups in total. The lowest BCUT2D eigenvalue weighted by molar-refractivity contribution is -0.575. The van der Waals surface area contributed by atoms with Crippen molar-refractivity contribution in [3.8, 4) is 17.1 Å². The average molecular weight is 610 g/mol. The summed E-state index contributed by atoms with van der Waals surface area (Å²) in [7, 11) is 0. The highest BCUT2D eigenvalue weighted by Crippen LogP contribution is 2.40. The Morgan fingerprint density at radius 3 is 2.20 bits per heavy atom. The molecular weight excluding hydrogens is 590 g/mol. The molecule has 0 saturated heterocycles. The Morgan fingerprint density at radius 1 is 0.825 bits per heavy atom. The monoisotopic (exact) mass is 610 g/mol. The number of thioether (sulfide) groups is 1. The van der Waals surface area contributed by atoms with E-state index in [0.29, 0.717) is 17.4 Å². The Morgan fingerprint density at radius 2 is 1.55 bits per heavy atom. The molecule has 0 spiro atoms. The highest BCUT2D eigenvalue weighted by Gasteiger charge is 2.54. The van der Waals surface area contributed by atoms with E-state index in [2.05, 4.69) is 14.2 Å². The zero-order valence-corrected chi connectivity index (χ0v) is 21.1. The Kier molecular flexibility index (Phi) is 9.91. The van der Waals surface area contributed by atoms with Crippen LogP contribution in [0.3, 0.4) is 0 Å². The third kappa shape index (κ3) is 9.45. The summed E-state index contributed by atoms with van der Waals surface area (Å²) in [5, 5.41) is 0.362. The van der Waals surface area contributed by atoms with Gasteiger partial charge in [0.15, 0.2) is 0 Å². The van der Waals surface area contributed by atoms with Gasteiger partial charge < -0.3 is 9.15 Å². The van der Waals surface area contributed by atoms with Crippen molar-refractivity contribution in [3.05, 3.63) is 48.0 Å². The second-order valence-corrected chi connectivity index (χ2v) is 9.33. The molecule has 1 heterocycles. The van der Waals surface area contributed by atoms with Crippen LogP contribution in [-0.4, -0.2) is 30.8 Å². The minimum absolute atomic E-state index is 0.0105. The summed E-state index contributed by atoms with van der Waals surface area (Å²) in [5.74, 6) is -2.06. The van der Waals surface area contributed by atoms with Gasteiger partial charge in [0, 0.05) is 10.3 Å². The maximum atomic E-state index is 13.8. The smallest absolute Gasteiger partial charge is 0.456 e. The molecule has 222 valence electrons. The maximum Gasteiger partial charge on any atom is 0.573 e. The number of aryl methyl sites for hydroxylation is 1. The summed E-state index contributed by atoms with van der Waals surface area (Å²) < 4.78 is 145. The van der Waals surface area contributed by atoms with Crippen molar-refractivity contribution in [2.45, 2.75) is 62.6 Å². The molecule has 40 heavy (non-hydrogen) atoms. The van der Waals surface area contributed by atoms with Gasteiger partial charge >= 0.3 is 25.1 Å². The van der Waals surface area contributed by atoms with Gasteiger partial charge in [0.25, 0.3) is 0 Å². The normalized spacial score (nSPS) is 13.3. The van der Waals surface area contributed by atoms with E-state index in [1.807, 2.05) is 11.9 Å². The van der Waals surface area contributed by atoms with Crippen LogP contribution in [0.1, 0.15) is 31.7 Å². The molecule has 0 aliphatic rings. The van der Waals surface area contributed by atoms with Crippen LogP contribution in [0.25, 0.3) is 22.3 Å². The molecule has 0 fully saturated rings. The van der Waals surface area contributed by atoms with Crippen LogP contribution in [0.15, 0.2) is 51.8 Å². The van der Waals surface area contributed by atoms with E-state index in [1.54, 1.807) is 6.07 Å². The van der Waals surface area contributed by atoms with E-state index in [0.717, 1.165) is 19.3 Å². The third-order valence-corrected chi connectivity index (χ3v) is 6.17. The summed E-state index contributed by atoms with van der Waals surface area (Å²) >= 11 is 0.244. The molecule has 0 unspecified atom stereocenters. The lowest BCUT2D eigenvalue weighted by atomic mass is 10.0. The topological polar surface area (TPSA) is 50.1 Å². The average Bonchev–Trinajstić information content (AvgIpc) is 3.24. The molecule has 0 amide bonds. The fraction of sp³-hybridized carbons (Fsp3) is 0.417. The van der Waals surface area contributed by atoms with Crippen LogP contribution in [0.4, 0.5) is 44.0 Å². The summed E-state index contributed by atoms with van der Waals surface area (Å²) in [6.45, 7) is 1.98. The molecule has 0 aliphatic carbocycles. The molecular formula is C24H20F10O5S. The number of ether oxygens (including phenoxy) is 3. The molecule has 1 aromatic heterocycles. The second kappa shape index (κ2) is 12.4. The minimum Gasteiger partial charge on any atom is -0.456 e. The van der Waals surface area contributed by atoms with E-state index in [4.69, 9.17) is 4.42 Å². The van der Waals surface area contributed by atoms with Crippen molar-refractivity contribution in [3.63, 3.8) is 0 Å². The molecule has 0 saturated carbocycles. The van der Waals surface area contributed by atoms with Crippen molar-refractivity contribution in [2.24, 2.45) is 0 Å². The first-order valence-corrected chi connectivity index (χ1v) is 12.4. The summed E-state index contributed by atoms with van der Waals surface area (Å²) in [6.07, 6.45) is -17.8. The lowest BCUT2D eigenvalue weighted by Crippen LogP contribution is -2.41. The molecule has 0 atom stereocenters. The van der Waals surface area contributed by atoms with Crippen LogP contribution < -0.4 is 4.74 Å². The molecule has 3 rings (SSSR count). The van der Waals surface area contributed by atoms with E-state index in [-0.39, 0.29) is 33.6 Å². The minimum atomic E-state index is -5.62. The van der Waals surface area contributed by atoms with Crippen LogP contribution >= 0.6 is 11.8 Å². The molecule has 0 radical (unpaired) electrons. The first kappa shape index (κ1) is 31.8. The lowest BCUT2D eigenvalue weighted by Gasteiger charge is -2.24. The van der Waals surface area contributed by atoms with E-state index in [1.165, 1.54) is 36.4 Å². The third-order valence-electron chi connectivity index (χ3n) is 5.10. The van der Waals surface area contributed by atoms with Crippen LogP contribution in [0, 0.1) is 0 Å². The van der Waals surface area contributed by atoms with Crippen LogP contribution in [0.5, 0.6) is 5.75 Å². The predicted octanol–water partition coefficient (Wildman–Crippen LogP) is 9.45. The number of unbranched alkanes of at least 4 members (excludes halogenated alkanes) is 2. The first-order chi connectivity index (χ1) is 18.5. The van der Waals surface area contributed by atoms with Crippen molar-refractivity contribution < 1.29 is 67.6 Å². The fourth-order valence-corrected chi connectivity index (χ4v) is 4.24. The summed E-state index contributed by atoms with van der Waals surface area (Å²) in [5.41, 5.74) is 0.632. The Bertz CT molecular complexity index is 1280. The number of halogens is 10. The molecule has 0 aliphatic heterocycles. The quantitative estimate of drug-likeness (QED) is 0.0785. The second-order valence-electron chi connectivity index (χ2n) is 8.28. The van der Waals surface area contributed by atoms with E-state index in [9.17, 15) is 44.0 Å². The molecule has 0 bridgehead atoms. The largest absolute Gasteiger partial charge is 0.573 e. The number of hydrogen-bond acceptors (Lipinski definition) is 6. The fourth-order valence-electron chi connectivity index (χ4n) is 3.49. The number of alkyl halides is 9. The zero-order chi connectivity index (χ0) is 29.8. The van der Waals surface area contributed by atoms with Gasteiger partial charge in [0.05, 0.1) is 11.3 Å². The first-order valence-electron chi connectivity index (χ1n) is 11.4. The Balaban J connectivity index is 1.78. The van der Waals surface area contributed by atoms with Crippen molar-refractivity contribution in [1.82, 2.24) is 0 Å². The highest BCUT2D eigenvalue weighted by molar-refractivity contribution is 7.99.